The standard InChI is InChI=1S/C19H17ClN4O2/c1-10-5-6-15-11(7-10)8-12(18(22)25)17(23-15)19(26)24-16-4-2-3-14(20)13(16)9-21/h2-8H,9,21H2,1H3,(H2,22,25)(H,24,26). The molecule has 0 atom stereocenters. The summed E-state index contributed by atoms with van der Waals surface area (Å²) in [6, 6.07) is 12.2. The average Bonchev–Trinajstić information content (AvgIpc) is 2.60. The Hall–Kier alpha value is -2.96. The van der Waals surface area contributed by atoms with E-state index in [1.165, 1.54) is 0 Å². The van der Waals surface area contributed by atoms with Crippen LogP contribution in [0.1, 0.15) is 32.0 Å². The summed E-state index contributed by atoms with van der Waals surface area (Å²) in [5.41, 5.74) is 13.8. The largest absolute Gasteiger partial charge is 0.366 e. The van der Waals surface area contributed by atoms with Gasteiger partial charge in [0.25, 0.3) is 11.8 Å². The van der Waals surface area contributed by atoms with Crippen LogP contribution in [-0.4, -0.2) is 16.8 Å². The fourth-order valence-electron chi connectivity index (χ4n) is 2.72. The maximum absolute atomic E-state index is 12.8. The Morgan fingerprint density at radius 2 is 1.96 bits per heavy atom. The lowest BCUT2D eigenvalue weighted by Crippen LogP contribution is -2.22. The van der Waals surface area contributed by atoms with Gasteiger partial charge in [0.05, 0.1) is 11.1 Å². The molecule has 2 amide bonds. The van der Waals surface area contributed by atoms with Gasteiger partial charge in [0, 0.05) is 28.2 Å². The van der Waals surface area contributed by atoms with Crippen LogP contribution in [0.15, 0.2) is 42.5 Å². The van der Waals surface area contributed by atoms with Crippen molar-refractivity contribution in [2.75, 3.05) is 5.32 Å². The summed E-state index contributed by atoms with van der Waals surface area (Å²) in [5.74, 6) is -1.28. The smallest absolute Gasteiger partial charge is 0.275 e. The van der Waals surface area contributed by atoms with Crippen molar-refractivity contribution in [1.82, 2.24) is 4.98 Å². The van der Waals surface area contributed by atoms with E-state index in [-0.39, 0.29) is 17.8 Å². The molecule has 0 aliphatic carbocycles. The molecule has 0 saturated carbocycles. The van der Waals surface area contributed by atoms with Crippen LogP contribution in [0.5, 0.6) is 0 Å². The minimum absolute atomic E-state index is 0.0446. The van der Waals surface area contributed by atoms with Crippen LogP contribution < -0.4 is 16.8 Å². The Bertz CT molecular complexity index is 1030. The summed E-state index contributed by atoms with van der Waals surface area (Å²) in [5, 5.41) is 3.90. The minimum atomic E-state index is -0.726. The van der Waals surface area contributed by atoms with Crippen LogP contribution in [-0.2, 0) is 6.54 Å². The van der Waals surface area contributed by atoms with Crippen molar-refractivity contribution in [1.29, 1.82) is 0 Å². The van der Waals surface area contributed by atoms with Crippen molar-refractivity contribution in [3.05, 3.63) is 69.9 Å². The van der Waals surface area contributed by atoms with Gasteiger partial charge in [0.1, 0.15) is 5.69 Å². The molecule has 26 heavy (non-hydrogen) atoms. The zero-order chi connectivity index (χ0) is 18.8. The van der Waals surface area contributed by atoms with Gasteiger partial charge < -0.3 is 16.8 Å². The number of pyridine rings is 1. The van der Waals surface area contributed by atoms with E-state index in [0.29, 0.717) is 21.8 Å². The van der Waals surface area contributed by atoms with Crippen LogP contribution in [0.3, 0.4) is 0 Å². The summed E-state index contributed by atoms with van der Waals surface area (Å²) in [7, 11) is 0. The lowest BCUT2D eigenvalue weighted by molar-refractivity contribution is 0.0974. The molecule has 0 saturated heterocycles. The van der Waals surface area contributed by atoms with Gasteiger partial charge in [-0.25, -0.2) is 4.98 Å². The summed E-state index contributed by atoms with van der Waals surface area (Å²) in [6.45, 7) is 2.08. The molecule has 0 fully saturated rings. The third-order valence-corrected chi connectivity index (χ3v) is 4.38. The highest BCUT2D eigenvalue weighted by Gasteiger charge is 2.20. The molecule has 132 valence electrons. The lowest BCUT2D eigenvalue weighted by atomic mass is 10.1. The summed E-state index contributed by atoms with van der Waals surface area (Å²) >= 11 is 6.11. The maximum Gasteiger partial charge on any atom is 0.275 e. The third-order valence-electron chi connectivity index (χ3n) is 4.02. The first-order valence-corrected chi connectivity index (χ1v) is 8.28. The number of halogens is 1. The van der Waals surface area contributed by atoms with E-state index >= 15 is 0 Å². The number of benzene rings is 2. The number of anilines is 1. The predicted molar refractivity (Wildman–Crippen MR) is 102 cm³/mol. The Morgan fingerprint density at radius 3 is 2.65 bits per heavy atom. The summed E-state index contributed by atoms with van der Waals surface area (Å²) in [4.78, 5) is 28.9. The van der Waals surface area contributed by atoms with Crippen LogP contribution in [0.25, 0.3) is 10.9 Å². The van der Waals surface area contributed by atoms with Crippen molar-refractivity contribution in [3.8, 4) is 0 Å². The molecule has 0 spiro atoms. The molecule has 0 unspecified atom stereocenters. The third kappa shape index (κ3) is 3.37. The second-order valence-corrected chi connectivity index (χ2v) is 6.28. The summed E-state index contributed by atoms with van der Waals surface area (Å²) < 4.78 is 0. The van der Waals surface area contributed by atoms with Crippen molar-refractivity contribution in [3.63, 3.8) is 0 Å². The van der Waals surface area contributed by atoms with Gasteiger partial charge in [-0.05, 0) is 37.3 Å². The van der Waals surface area contributed by atoms with Crippen molar-refractivity contribution >= 4 is 40.0 Å². The zero-order valence-electron chi connectivity index (χ0n) is 14.0. The lowest BCUT2D eigenvalue weighted by Gasteiger charge is -2.13. The average molecular weight is 369 g/mol. The highest BCUT2D eigenvalue weighted by molar-refractivity contribution is 6.32. The fraction of sp³-hybridized carbons (Fsp3) is 0.105. The van der Waals surface area contributed by atoms with E-state index in [1.807, 2.05) is 19.1 Å². The second kappa shape index (κ2) is 7.11. The first kappa shape index (κ1) is 17.8. The Labute approximate surface area is 155 Å². The number of hydrogen-bond donors (Lipinski definition) is 3. The molecular weight excluding hydrogens is 352 g/mol. The number of carbonyl (C=O) groups is 2. The molecule has 2 aromatic carbocycles. The normalized spacial score (nSPS) is 10.7. The van der Waals surface area contributed by atoms with E-state index in [0.717, 1.165) is 10.9 Å². The first-order valence-electron chi connectivity index (χ1n) is 7.90. The van der Waals surface area contributed by atoms with Crippen molar-refractivity contribution in [2.45, 2.75) is 13.5 Å². The van der Waals surface area contributed by atoms with E-state index < -0.39 is 11.8 Å². The van der Waals surface area contributed by atoms with Crippen LogP contribution in [0, 0.1) is 6.92 Å². The van der Waals surface area contributed by atoms with Crippen molar-refractivity contribution in [2.24, 2.45) is 11.5 Å². The molecule has 3 aromatic rings. The van der Waals surface area contributed by atoms with Gasteiger partial charge in [-0.15, -0.1) is 0 Å². The van der Waals surface area contributed by atoms with E-state index in [4.69, 9.17) is 23.1 Å². The molecule has 7 heteroatoms. The quantitative estimate of drug-likeness (QED) is 0.657. The number of rotatable bonds is 4. The van der Waals surface area contributed by atoms with Gasteiger partial charge in [-0.3, -0.25) is 9.59 Å². The van der Waals surface area contributed by atoms with Crippen LogP contribution in [0.2, 0.25) is 5.02 Å². The van der Waals surface area contributed by atoms with Gasteiger partial charge in [0.2, 0.25) is 0 Å². The van der Waals surface area contributed by atoms with Gasteiger partial charge >= 0.3 is 0 Å². The van der Waals surface area contributed by atoms with Crippen LogP contribution >= 0.6 is 11.6 Å². The second-order valence-electron chi connectivity index (χ2n) is 5.87. The van der Waals surface area contributed by atoms with Gasteiger partial charge in [0.15, 0.2) is 0 Å². The van der Waals surface area contributed by atoms with Gasteiger partial charge in [-0.1, -0.05) is 29.3 Å². The molecular formula is C19H17ClN4O2. The number of fused-ring (bicyclic) bond motifs is 1. The Morgan fingerprint density at radius 1 is 1.19 bits per heavy atom. The number of nitrogens with zero attached hydrogens (tertiary/aromatic N) is 1. The van der Waals surface area contributed by atoms with Crippen molar-refractivity contribution < 1.29 is 9.59 Å². The molecule has 5 N–H and O–H groups in total. The molecule has 0 bridgehead atoms. The van der Waals surface area contributed by atoms with E-state index in [1.54, 1.807) is 30.3 Å². The minimum Gasteiger partial charge on any atom is -0.366 e. The maximum atomic E-state index is 12.8. The fourth-order valence-corrected chi connectivity index (χ4v) is 2.97. The molecule has 3 rings (SSSR count). The van der Waals surface area contributed by atoms with E-state index in [2.05, 4.69) is 10.3 Å². The first-order chi connectivity index (χ1) is 12.4. The number of nitrogens with one attached hydrogen (secondary N) is 1. The summed E-state index contributed by atoms with van der Waals surface area (Å²) in [6.07, 6.45) is 0. The number of carbonyl (C=O) groups excluding carboxylic acids is 2. The number of nitrogens with two attached hydrogens (primary N) is 2. The number of aromatic nitrogens is 1. The molecule has 0 aliphatic rings. The highest BCUT2D eigenvalue weighted by atomic mass is 35.5. The highest BCUT2D eigenvalue weighted by Crippen LogP contribution is 2.25. The molecule has 6 nitrogen and oxygen atoms in total. The number of primary amides is 1. The Balaban J connectivity index is 2.08. The molecule has 1 heterocycles. The SMILES string of the molecule is Cc1ccc2nc(C(=O)Nc3cccc(Cl)c3CN)c(C(N)=O)cc2c1. The number of amides is 2. The zero-order valence-corrected chi connectivity index (χ0v) is 14.8. The number of aryl methyl sites for hydroxylation is 1. The molecule has 0 radical (unpaired) electrons. The van der Waals surface area contributed by atoms with Gasteiger partial charge in [-0.2, -0.15) is 0 Å². The number of hydrogen-bond acceptors (Lipinski definition) is 4. The molecule has 1 aromatic heterocycles. The monoisotopic (exact) mass is 368 g/mol. The Kier molecular flexibility index (Phi) is 4.88. The van der Waals surface area contributed by atoms with Crippen LogP contribution in [0.4, 0.5) is 5.69 Å². The van der Waals surface area contributed by atoms with E-state index in [9.17, 15) is 9.59 Å². The predicted octanol–water partition coefficient (Wildman–Crippen LogP) is 3.01. The molecule has 0 aliphatic heterocycles. The topological polar surface area (TPSA) is 111 Å².